The predicted molar refractivity (Wildman–Crippen MR) is 111 cm³/mol. The molecule has 0 aromatic heterocycles. The first kappa shape index (κ1) is 22.1. The molecular weight excluding hydrogens is 401 g/mol. The van der Waals surface area contributed by atoms with E-state index in [2.05, 4.69) is 12.2 Å². The molecule has 0 atom stereocenters. The van der Waals surface area contributed by atoms with Crippen LogP contribution in [0.4, 0.5) is 5.69 Å². The van der Waals surface area contributed by atoms with E-state index in [0.717, 1.165) is 12.8 Å². The topological polar surface area (TPSA) is 64.6 Å². The molecule has 2 aromatic rings. The Hall–Kier alpha value is -2.24. The number of nitrogens with one attached hydrogen (secondary N) is 1. The first-order valence-electron chi connectivity index (χ1n) is 9.14. The Labute approximate surface area is 174 Å². The minimum atomic E-state index is -0.584. The van der Waals surface area contributed by atoms with E-state index in [0.29, 0.717) is 33.7 Å². The maximum absolute atomic E-state index is 12.1. The highest BCUT2D eigenvalue weighted by molar-refractivity contribution is 6.42. The maximum Gasteiger partial charge on any atom is 0.338 e. The molecule has 0 spiro atoms. The van der Waals surface area contributed by atoms with Crippen molar-refractivity contribution in [3.05, 3.63) is 58.1 Å². The van der Waals surface area contributed by atoms with Crippen molar-refractivity contribution < 1.29 is 19.1 Å². The summed E-state index contributed by atoms with van der Waals surface area (Å²) in [5, 5.41) is 3.30. The SMILES string of the molecule is CCCCCCOc1ccc(C(=O)OCC(=O)Nc2ccc(Cl)c(Cl)c2)cc1. The van der Waals surface area contributed by atoms with E-state index in [9.17, 15) is 9.59 Å². The quantitative estimate of drug-likeness (QED) is 0.390. The zero-order valence-electron chi connectivity index (χ0n) is 15.7. The Bertz CT molecular complexity index is 793. The van der Waals surface area contributed by atoms with Gasteiger partial charge in [-0.1, -0.05) is 49.4 Å². The molecule has 28 heavy (non-hydrogen) atoms. The largest absolute Gasteiger partial charge is 0.494 e. The number of halogens is 2. The van der Waals surface area contributed by atoms with Crippen molar-refractivity contribution in [2.75, 3.05) is 18.5 Å². The van der Waals surface area contributed by atoms with Crippen molar-refractivity contribution in [2.45, 2.75) is 32.6 Å². The number of ether oxygens (including phenoxy) is 2. The standard InChI is InChI=1S/C21H23Cl2NO4/c1-2-3-4-5-12-27-17-9-6-15(7-10-17)21(26)28-14-20(25)24-16-8-11-18(22)19(23)13-16/h6-11,13H,2-5,12,14H2,1H3,(H,24,25). The van der Waals surface area contributed by atoms with Crippen LogP contribution in [0, 0.1) is 0 Å². The van der Waals surface area contributed by atoms with E-state index in [1.165, 1.54) is 18.9 Å². The van der Waals surface area contributed by atoms with E-state index in [1.807, 2.05) is 0 Å². The summed E-state index contributed by atoms with van der Waals surface area (Å²) in [7, 11) is 0. The molecule has 7 heteroatoms. The van der Waals surface area contributed by atoms with Crippen molar-refractivity contribution in [1.82, 2.24) is 0 Å². The number of hydrogen-bond acceptors (Lipinski definition) is 4. The highest BCUT2D eigenvalue weighted by Crippen LogP contribution is 2.25. The molecule has 0 unspecified atom stereocenters. The summed E-state index contributed by atoms with van der Waals surface area (Å²) in [4.78, 5) is 24.0. The summed E-state index contributed by atoms with van der Waals surface area (Å²) >= 11 is 11.7. The van der Waals surface area contributed by atoms with Gasteiger partial charge in [-0.2, -0.15) is 0 Å². The van der Waals surface area contributed by atoms with Gasteiger partial charge in [-0.15, -0.1) is 0 Å². The third-order valence-corrected chi connectivity index (χ3v) is 4.63. The first-order chi connectivity index (χ1) is 13.5. The van der Waals surface area contributed by atoms with Gasteiger partial charge in [0.25, 0.3) is 5.91 Å². The molecular formula is C21H23Cl2NO4. The van der Waals surface area contributed by atoms with Gasteiger partial charge >= 0.3 is 5.97 Å². The molecule has 0 saturated heterocycles. The van der Waals surface area contributed by atoms with Gasteiger partial charge in [0.15, 0.2) is 6.61 Å². The minimum Gasteiger partial charge on any atom is -0.494 e. The van der Waals surface area contributed by atoms with Gasteiger partial charge in [-0.05, 0) is 48.9 Å². The molecule has 0 fully saturated rings. The van der Waals surface area contributed by atoms with Crippen molar-refractivity contribution in [1.29, 1.82) is 0 Å². The number of carbonyl (C=O) groups excluding carboxylic acids is 2. The van der Waals surface area contributed by atoms with Crippen LogP contribution in [-0.4, -0.2) is 25.1 Å². The molecule has 0 radical (unpaired) electrons. The molecule has 2 aromatic carbocycles. The molecule has 5 nitrogen and oxygen atoms in total. The monoisotopic (exact) mass is 423 g/mol. The minimum absolute atomic E-state index is 0.323. The van der Waals surface area contributed by atoms with Crippen molar-refractivity contribution in [3.63, 3.8) is 0 Å². The average Bonchev–Trinajstić information content (AvgIpc) is 2.69. The number of amides is 1. The summed E-state index contributed by atoms with van der Waals surface area (Å²) in [6, 6.07) is 11.3. The fraction of sp³-hybridized carbons (Fsp3) is 0.333. The second-order valence-corrected chi connectivity index (χ2v) is 7.00. The number of benzene rings is 2. The van der Waals surface area contributed by atoms with Crippen LogP contribution in [0.5, 0.6) is 5.75 Å². The molecule has 0 aliphatic carbocycles. The Morgan fingerprint density at radius 1 is 0.964 bits per heavy atom. The van der Waals surface area contributed by atoms with E-state index in [-0.39, 0.29) is 0 Å². The molecule has 0 aliphatic rings. The van der Waals surface area contributed by atoms with Crippen LogP contribution in [0.3, 0.4) is 0 Å². The summed E-state index contributed by atoms with van der Waals surface area (Å²) < 4.78 is 10.7. The number of carbonyl (C=O) groups is 2. The number of rotatable bonds is 10. The normalized spacial score (nSPS) is 10.4. The molecule has 1 amide bonds. The lowest BCUT2D eigenvalue weighted by Gasteiger charge is -2.09. The fourth-order valence-corrected chi connectivity index (χ4v) is 2.69. The number of unbranched alkanes of at least 4 members (excludes halogenated alkanes) is 3. The van der Waals surface area contributed by atoms with Gasteiger partial charge in [0, 0.05) is 5.69 Å². The van der Waals surface area contributed by atoms with E-state index < -0.39 is 18.5 Å². The van der Waals surface area contributed by atoms with Gasteiger partial charge in [0.05, 0.1) is 22.2 Å². The van der Waals surface area contributed by atoms with E-state index >= 15 is 0 Å². The summed E-state index contributed by atoms with van der Waals surface area (Å²) in [6.45, 7) is 2.41. The zero-order chi connectivity index (χ0) is 20.4. The molecule has 2 rings (SSSR count). The van der Waals surface area contributed by atoms with Crippen molar-refractivity contribution in [3.8, 4) is 5.75 Å². The Kier molecular flexibility index (Phi) is 9.11. The number of hydrogen-bond donors (Lipinski definition) is 1. The zero-order valence-corrected chi connectivity index (χ0v) is 17.2. The van der Waals surface area contributed by atoms with Crippen LogP contribution in [0.25, 0.3) is 0 Å². The second-order valence-electron chi connectivity index (χ2n) is 6.19. The second kappa shape index (κ2) is 11.6. The smallest absolute Gasteiger partial charge is 0.338 e. The number of esters is 1. The fourth-order valence-electron chi connectivity index (χ4n) is 2.39. The lowest BCUT2D eigenvalue weighted by molar-refractivity contribution is -0.119. The highest BCUT2D eigenvalue weighted by Gasteiger charge is 2.11. The van der Waals surface area contributed by atoms with Gasteiger partial charge in [-0.25, -0.2) is 4.79 Å². The summed E-state index contributed by atoms with van der Waals surface area (Å²) in [5.74, 6) is -0.358. The third kappa shape index (κ3) is 7.41. The highest BCUT2D eigenvalue weighted by atomic mass is 35.5. The maximum atomic E-state index is 12.1. The van der Waals surface area contributed by atoms with Crippen LogP contribution >= 0.6 is 23.2 Å². The van der Waals surface area contributed by atoms with Crippen LogP contribution < -0.4 is 10.1 Å². The van der Waals surface area contributed by atoms with Crippen LogP contribution in [0.1, 0.15) is 43.0 Å². The van der Waals surface area contributed by atoms with Crippen molar-refractivity contribution >= 4 is 40.8 Å². The molecule has 0 bridgehead atoms. The van der Waals surface area contributed by atoms with Crippen LogP contribution in [0.15, 0.2) is 42.5 Å². The van der Waals surface area contributed by atoms with Crippen LogP contribution in [0.2, 0.25) is 10.0 Å². The average molecular weight is 424 g/mol. The molecule has 150 valence electrons. The lowest BCUT2D eigenvalue weighted by Crippen LogP contribution is -2.20. The third-order valence-electron chi connectivity index (χ3n) is 3.89. The van der Waals surface area contributed by atoms with Crippen LogP contribution in [-0.2, 0) is 9.53 Å². The van der Waals surface area contributed by atoms with E-state index in [4.69, 9.17) is 32.7 Å². The van der Waals surface area contributed by atoms with Gasteiger partial charge in [0.1, 0.15) is 5.75 Å². The molecule has 1 N–H and O–H groups in total. The van der Waals surface area contributed by atoms with Gasteiger partial charge < -0.3 is 14.8 Å². The summed E-state index contributed by atoms with van der Waals surface area (Å²) in [6.07, 6.45) is 4.53. The molecule has 0 saturated carbocycles. The number of anilines is 1. The molecule has 0 aliphatic heterocycles. The predicted octanol–water partition coefficient (Wildman–Crippen LogP) is 5.75. The lowest BCUT2D eigenvalue weighted by atomic mass is 10.2. The van der Waals surface area contributed by atoms with E-state index in [1.54, 1.807) is 36.4 Å². The first-order valence-corrected chi connectivity index (χ1v) is 9.90. The van der Waals surface area contributed by atoms with Gasteiger partial charge in [-0.3, -0.25) is 4.79 Å². The van der Waals surface area contributed by atoms with Gasteiger partial charge in [0.2, 0.25) is 0 Å². The summed E-state index contributed by atoms with van der Waals surface area (Å²) in [5.41, 5.74) is 0.816. The Morgan fingerprint density at radius 2 is 1.71 bits per heavy atom. The Balaban J connectivity index is 1.75. The molecule has 0 heterocycles. The Morgan fingerprint density at radius 3 is 2.39 bits per heavy atom. The van der Waals surface area contributed by atoms with Crippen molar-refractivity contribution in [2.24, 2.45) is 0 Å².